The van der Waals surface area contributed by atoms with Crippen LogP contribution in [0.5, 0.6) is 5.75 Å². The number of ether oxygens (including phenoxy) is 1. The molecule has 1 N–H and O–H groups in total. The average Bonchev–Trinajstić information content (AvgIpc) is 2.24. The Labute approximate surface area is 97.0 Å². The monoisotopic (exact) mass is 238 g/mol. The SMILES string of the molecule is COc1ccc(F)cc1C1(C(=O)O)CC(=O)C1. The predicted octanol–water partition coefficient (Wildman–Crippen LogP) is 1.52. The molecule has 17 heavy (non-hydrogen) atoms. The first-order chi connectivity index (χ1) is 7.99. The molecule has 1 fully saturated rings. The highest BCUT2D eigenvalue weighted by atomic mass is 19.1. The average molecular weight is 238 g/mol. The summed E-state index contributed by atoms with van der Waals surface area (Å²) < 4.78 is 18.2. The number of carboxylic acids is 1. The highest BCUT2D eigenvalue weighted by molar-refractivity contribution is 6.01. The number of Topliss-reactive ketones (excluding diaryl/α,β-unsaturated/α-hetero) is 1. The van der Waals surface area contributed by atoms with Crippen molar-refractivity contribution in [2.75, 3.05) is 7.11 Å². The quantitative estimate of drug-likeness (QED) is 0.867. The Morgan fingerprint density at radius 2 is 2.12 bits per heavy atom. The van der Waals surface area contributed by atoms with Gasteiger partial charge in [-0.25, -0.2) is 4.39 Å². The molecule has 0 spiro atoms. The molecule has 1 aromatic rings. The summed E-state index contributed by atoms with van der Waals surface area (Å²) in [7, 11) is 1.38. The molecule has 1 aromatic carbocycles. The predicted molar refractivity (Wildman–Crippen MR) is 56.5 cm³/mol. The van der Waals surface area contributed by atoms with Gasteiger partial charge in [0.2, 0.25) is 0 Å². The molecule has 0 aromatic heterocycles. The van der Waals surface area contributed by atoms with Gasteiger partial charge in [0.1, 0.15) is 22.8 Å². The second kappa shape index (κ2) is 3.84. The Balaban J connectivity index is 2.54. The normalized spacial score (nSPS) is 17.4. The fourth-order valence-electron chi connectivity index (χ4n) is 2.13. The lowest BCUT2D eigenvalue weighted by Gasteiger charge is -2.37. The third-order valence-corrected chi connectivity index (χ3v) is 3.08. The van der Waals surface area contributed by atoms with E-state index in [1.54, 1.807) is 0 Å². The first kappa shape index (κ1) is 11.6. The van der Waals surface area contributed by atoms with Gasteiger partial charge in [0.15, 0.2) is 0 Å². The minimum absolute atomic E-state index is 0.109. The first-order valence-electron chi connectivity index (χ1n) is 5.09. The lowest BCUT2D eigenvalue weighted by atomic mass is 9.63. The molecule has 0 bridgehead atoms. The summed E-state index contributed by atoms with van der Waals surface area (Å²) in [6.07, 6.45) is -0.218. The van der Waals surface area contributed by atoms with Crippen LogP contribution in [0, 0.1) is 5.82 Å². The molecule has 0 unspecified atom stereocenters. The third-order valence-electron chi connectivity index (χ3n) is 3.08. The molecule has 1 saturated carbocycles. The van der Waals surface area contributed by atoms with E-state index in [4.69, 9.17) is 4.74 Å². The summed E-state index contributed by atoms with van der Waals surface area (Å²) in [5.41, 5.74) is -1.10. The van der Waals surface area contributed by atoms with Gasteiger partial charge in [0.25, 0.3) is 0 Å². The fraction of sp³-hybridized carbons (Fsp3) is 0.333. The number of hydrogen-bond donors (Lipinski definition) is 1. The van der Waals surface area contributed by atoms with Gasteiger partial charge in [-0.3, -0.25) is 9.59 Å². The van der Waals surface area contributed by atoms with Crippen LogP contribution in [0.1, 0.15) is 18.4 Å². The number of ketones is 1. The summed E-state index contributed by atoms with van der Waals surface area (Å²) in [4.78, 5) is 22.4. The number of carbonyl (C=O) groups excluding carboxylic acids is 1. The molecule has 0 heterocycles. The molecule has 1 aliphatic rings. The maximum absolute atomic E-state index is 13.2. The zero-order valence-electron chi connectivity index (χ0n) is 9.20. The Kier molecular flexibility index (Phi) is 2.61. The van der Waals surface area contributed by atoms with Crippen molar-refractivity contribution in [1.82, 2.24) is 0 Å². The van der Waals surface area contributed by atoms with Crippen LogP contribution >= 0.6 is 0 Å². The number of carbonyl (C=O) groups is 2. The smallest absolute Gasteiger partial charge is 0.315 e. The molecule has 90 valence electrons. The number of methoxy groups -OCH3 is 1. The number of carboxylic acid groups (broad SMARTS) is 1. The highest BCUT2D eigenvalue weighted by Gasteiger charge is 2.53. The molecule has 2 rings (SSSR count). The molecule has 0 atom stereocenters. The number of hydrogen-bond acceptors (Lipinski definition) is 3. The topological polar surface area (TPSA) is 63.6 Å². The Bertz CT molecular complexity index is 487. The van der Waals surface area contributed by atoms with Crippen LogP contribution in [-0.2, 0) is 15.0 Å². The minimum Gasteiger partial charge on any atom is -0.496 e. The molecular formula is C12H11FO4. The van der Waals surface area contributed by atoms with E-state index in [0.717, 1.165) is 6.07 Å². The summed E-state index contributed by atoms with van der Waals surface area (Å²) in [5, 5.41) is 9.24. The molecular weight excluding hydrogens is 227 g/mol. The van der Waals surface area contributed by atoms with E-state index in [0.29, 0.717) is 5.75 Å². The van der Waals surface area contributed by atoms with Crippen LogP contribution in [0.3, 0.4) is 0 Å². The summed E-state index contributed by atoms with van der Waals surface area (Å²) in [6.45, 7) is 0. The van der Waals surface area contributed by atoms with E-state index in [1.165, 1.54) is 19.2 Å². The Morgan fingerprint density at radius 1 is 1.47 bits per heavy atom. The second-order valence-corrected chi connectivity index (χ2v) is 4.12. The Hall–Kier alpha value is -1.91. The number of halogens is 1. The van der Waals surface area contributed by atoms with E-state index >= 15 is 0 Å². The summed E-state index contributed by atoms with van der Waals surface area (Å²) in [6, 6.07) is 3.69. The zero-order chi connectivity index (χ0) is 12.6. The molecule has 4 nitrogen and oxygen atoms in total. The molecule has 0 saturated heterocycles. The van der Waals surface area contributed by atoms with E-state index in [-0.39, 0.29) is 24.2 Å². The van der Waals surface area contributed by atoms with Gasteiger partial charge < -0.3 is 9.84 Å². The summed E-state index contributed by atoms with van der Waals surface area (Å²) in [5.74, 6) is -1.51. The minimum atomic E-state index is -1.33. The van der Waals surface area contributed by atoms with E-state index in [9.17, 15) is 19.1 Å². The van der Waals surface area contributed by atoms with Crippen molar-refractivity contribution < 1.29 is 23.8 Å². The lowest BCUT2D eigenvalue weighted by Crippen LogP contribution is -2.48. The van der Waals surface area contributed by atoms with Crippen LogP contribution in [0.15, 0.2) is 18.2 Å². The zero-order valence-corrected chi connectivity index (χ0v) is 9.20. The number of aliphatic carboxylic acids is 1. The van der Waals surface area contributed by atoms with Gasteiger partial charge in [-0.2, -0.15) is 0 Å². The van der Waals surface area contributed by atoms with Gasteiger partial charge in [0, 0.05) is 18.4 Å². The van der Waals surface area contributed by atoms with Crippen LogP contribution in [0.4, 0.5) is 4.39 Å². The molecule has 5 heteroatoms. The first-order valence-corrected chi connectivity index (χ1v) is 5.09. The van der Waals surface area contributed by atoms with Crippen molar-refractivity contribution in [3.8, 4) is 5.75 Å². The van der Waals surface area contributed by atoms with Crippen molar-refractivity contribution in [1.29, 1.82) is 0 Å². The highest BCUT2D eigenvalue weighted by Crippen LogP contribution is 2.45. The molecule has 0 aliphatic heterocycles. The van der Waals surface area contributed by atoms with Gasteiger partial charge in [-0.05, 0) is 18.2 Å². The maximum atomic E-state index is 13.2. The van der Waals surface area contributed by atoms with Crippen molar-refractivity contribution in [3.05, 3.63) is 29.6 Å². The lowest BCUT2D eigenvalue weighted by molar-refractivity contribution is -0.153. The van der Waals surface area contributed by atoms with E-state index < -0.39 is 17.2 Å². The van der Waals surface area contributed by atoms with Crippen molar-refractivity contribution in [2.45, 2.75) is 18.3 Å². The van der Waals surface area contributed by atoms with Crippen molar-refractivity contribution in [2.24, 2.45) is 0 Å². The van der Waals surface area contributed by atoms with Crippen LogP contribution in [-0.4, -0.2) is 24.0 Å². The molecule has 0 radical (unpaired) electrons. The Morgan fingerprint density at radius 3 is 2.59 bits per heavy atom. The van der Waals surface area contributed by atoms with Gasteiger partial charge >= 0.3 is 5.97 Å². The van der Waals surface area contributed by atoms with Crippen LogP contribution < -0.4 is 4.74 Å². The van der Waals surface area contributed by atoms with Crippen LogP contribution in [0.2, 0.25) is 0 Å². The summed E-state index contributed by atoms with van der Waals surface area (Å²) >= 11 is 0. The molecule has 1 aliphatic carbocycles. The third kappa shape index (κ3) is 1.67. The second-order valence-electron chi connectivity index (χ2n) is 4.12. The fourth-order valence-corrected chi connectivity index (χ4v) is 2.13. The largest absolute Gasteiger partial charge is 0.496 e. The molecule has 0 amide bonds. The van der Waals surface area contributed by atoms with Gasteiger partial charge in [-0.15, -0.1) is 0 Å². The van der Waals surface area contributed by atoms with Gasteiger partial charge in [0.05, 0.1) is 7.11 Å². The standard InChI is InChI=1S/C12H11FO4/c1-17-10-3-2-7(13)4-9(10)12(11(15)16)5-8(14)6-12/h2-4H,5-6H2,1H3,(H,15,16). The van der Waals surface area contributed by atoms with Crippen LogP contribution in [0.25, 0.3) is 0 Å². The van der Waals surface area contributed by atoms with E-state index in [2.05, 4.69) is 0 Å². The maximum Gasteiger partial charge on any atom is 0.315 e. The van der Waals surface area contributed by atoms with E-state index in [1.807, 2.05) is 0 Å². The van der Waals surface area contributed by atoms with Crippen molar-refractivity contribution >= 4 is 11.8 Å². The van der Waals surface area contributed by atoms with Gasteiger partial charge in [-0.1, -0.05) is 0 Å². The number of rotatable bonds is 3. The number of benzene rings is 1. The van der Waals surface area contributed by atoms with Crippen molar-refractivity contribution in [3.63, 3.8) is 0 Å².